The maximum absolute atomic E-state index is 6.33. The third-order valence-electron chi connectivity index (χ3n) is 5.61. The highest BCUT2D eigenvalue weighted by molar-refractivity contribution is 5.14. The molecule has 0 N–H and O–H groups in total. The Balaban J connectivity index is 1.19. The molecule has 0 bridgehead atoms. The zero-order chi connectivity index (χ0) is 17.2. The third kappa shape index (κ3) is 7.08. The van der Waals surface area contributed by atoms with Gasteiger partial charge in [-0.25, -0.2) is 0 Å². The second kappa shape index (κ2) is 10.9. The van der Waals surface area contributed by atoms with E-state index in [1.54, 1.807) is 0 Å². The Bertz CT molecular complexity index is 450. The second-order valence-corrected chi connectivity index (χ2v) is 7.64. The molecule has 0 aromatic heterocycles. The summed E-state index contributed by atoms with van der Waals surface area (Å²) in [5.41, 5.74) is 1.36. The zero-order valence-electron chi connectivity index (χ0n) is 15.7. The molecule has 0 atom stereocenters. The van der Waals surface area contributed by atoms with E-state index in [0.717, 1.165) is 26.1 Å². The Kier molecular flexibility index (Phi) is 8.27. The molecular formula is C22H35NO2. The standard InChI is InChI=1S/C22H35NO2/c1-3-8-20(9-4-1)14-19-24-18-7-15-23-16-12-22(13-17-23)25-21-10-5-2-6-11-21/h1,3-4,8-9,21-22H,2,5-7,10-19H2. The lowest BCUT2D eigenvalue weighted by atomic mass is 9.97. The van der Waals surface area contributed by atoms with Gasteiger partial charge in [0.1, 0.15) is 0 Å². The maximum Gasteiger partial charge on any atom is 0.0603 e. The summed E-state index contributed by atoms with van der Waals surface area (Å²) in [6.45, 7) is 5.27. The van der Waals surface area contributed by atoms with Crippen LogP contribution in [-0.4, -0.2) is 50.0 Å². The molecule has 3 nitrogen and oxygen atoms in total. The Labute approximate surface area is 153 Å². The predicted molar refractivity (Wildman–Crippen MR) is 103 cm³/mol. The second-order valence-electron chi connectivity index (χ2n) is 7.64. The van der Waals surface area contributed by atoms with Gasteiger partial charge in [-0.3, -0.25) is 0 Å². The van der Waals surface area contributed by atoms with Crippen LogP contribution in [-0.2, 0) is 15.9 Å². The summed E-state index contributed by atoms with van der Waals surface area (Å²) in [5, 5.41) is 0. The van der Waals surface area contributed by atoms with Crippen LogP contribution in [0.25, 0.3) is 0 Å². The third-order valence-corrected chi connectivity index (χ3v) is 5.61. The molecule has 1 aliphatic heterocycles. The van der Waals surface area contributed by atoms with Crippen LogP contribution in [0.2, 0.25) is 0 Å². The van der Waals surface area contributed by atoms with E-state index in [1.807, 2.05) is 0 Å². The van der Waals surface area contributed by atoms with Crippen LogP contribution in [0.15, 0.2) is 30.3 Å². The Morgan fingerprint density at radius 3 is 2.32 bits per heavy atom. The first-order valence-corrected chi connectivity index (χ1v) is 10.4. The topological polar surface area (TPSA) is 21.7 Å². The molecule has 1 aliphatic carbocycles. The van der Waals surface area contributed by atoms with Gasteiger partial charge in [-0.1, -0.05) is 49.6 Å². The highest BCUT2D eigenvalue weighted by Crippen LogP contribution is 2.24. The predicted octanol–water partition coefficient (Wildman–Crippen LogP) is 4.45. The molecule has 1 saturated heterocycles. The minimum atomic E-state index is 0.515. The molecule has 2 fully saturated rings. The number of hydrogen-bond acceptors (Lipinski definition) is 3. The largest absolute Gasteiger partial charge is 0.381 e. The van der Waals surface area contributed by atoms with Crippen LogP contribution in [0.3, 0.4) is 0 Å². The lowest BCUT2D eigenvalue weighted by molar-refractivity contribution is -0.0562. The van der Waals surface area contributed by atoms with Gasteiger partial charge < -0.3 is 14.4 Å². The highest BCUT2D eigenvalue weighted by atomic mass is 16.5. The first kappa shape index (κ1) is 18.9. The van der Waals surface area contributed by atoms with E-state index in [-0.39, 0.29) is 0 Å². The van der Waals surface area contributed by atoms with Gasteiger partial charge in [0.15, 0.2) is 0 Å². The lowest BCUT2D eigenvalue weighted by Gasteiger charge is -2.34. The van der Waals surface area contributed by atoms with E-state index in [9.17, 15) is 0 Å². The van der Waals surface area contributed by atoms with Gasteiger partial charge >= 0.3 is 0 Å². The van der Waals surface area contributed by atoms with Crippen LogP contribution in [0.1, 0.15) is 56.9 Å². The van der Waals surface area contributed by atoms with E-state index < -0.39 is 0 Å². The van der Waals surface area contributed by atoms with E-state index in [1.165, 1.54) is 70.1 Å². The quantitative estimate of drug-likeness (QED) is 0.617. The average Bonchev–Trinajstić information content (AvgIpc) is 2.67. The molecule has 1 aromatic carbocycles. The molecule has 0 radical (unpaired) electrons. The average molecular weight is 346 g/mol. The SMILES string of the molecule is c1ccc(CCOCCCN2CCC(OC3CCCCC3)CC2)cc1. The first-order chi connectivity index (χ1) is 12.4. The number of rotatable bonds is 9. The van der Waals surface area contributed by atoms with Crippen molar-refractivity contribution in [3.63, 3.8) is 0 Å². The molecule has 1 aromatic rings. The normalized spacial score (nSPS) is 20.8. The van der Waals surface area contributed by atoms with Crippen LogP contribution >= 0.6 is 0 Å². The number of ether oxygens (including phenoxy) is 2. The fraction of sp³-hybridized carbons (Fsp3) is 0.727. The minimum absolute atomic E-state index is 0.515. The van der Waals surface area contributed by atoms with Gasteiger partial charge in [-0.15, -0.1) is 0 Å². The van der Waals surface area contributed by atoms with Crippen molar-refractivity contribution < 1.29 is 9.47 Å². The maximum atomic E-state index is 6.33. The highest BCUT2D eigenvalue weighted by Gasteiger charge is 2.23. The molecule has 1 heterocycles. The Hall–Kier alpha value is -0.900. The molecule has 1 saturated carbocycles. The fourth-order valence-electron chi connectivity index (χ4n) is 4.07. The van der Waals surface area contributed by atoms with Crippen molar-refractivity contribution >= 4 is 0 Å². The Morgan fingerprint density at radius 1 is 0.840 bits per heavy atom. The van der Waals surface area contributed by atoms with Crippen molar-refractivity contribution in [2.75, 3.05) is 32.8 Å². The summed E-state index contributed by atoms with van der Waals surface area (Å²) in [6.07, 6.45) is 12.4. The fourth-order valence-corrected chi connectivity index (χ4v) is 4.07. The van der Waals surface area contributed by atoms with Crippen molar-refractivity contribution in [2.45, 2.75) is 70.0 Å². The minimum Gasteiger partial charge on any atom is -0.381 e. The number of piperidine rings is 1. The van der Waals surface area contributed by atoms with Crippen molar-refractivity contribution in [3.8, 4) is 0 Å². The summed E-state index contributed by atoms with van der Waals surface area (Å²) < 4.78 is 12.1. The van der Waals surface area contributed by atoms with Gasteiger partial charge in [0.2, 0.25) is 0 Å². The molecule has 0 spiro atoms. The van der Waals surface area contributed by atoms with Crippen molar-refractivity contribution in [3.05, 3.63) is 35.9 Å². The van der Waals surface area contributed by atoms with Crippen LogP contribution in [0.5, 0.6) is 0 Å². The molecule has 140 valence electrons. The first-order valence-electron chi connectivity index (χ1n) is 10.4. The van der Waals surface area contributed by atoms with E-state index >= 15 is 0 Å². The summed E-state index contributed by atoms with van der Waals surface area (Å²) >= 11 is 0. The van der Waals surface area contributed by atoms with Crippen LogP contribution in [0, 0.1) is 0 Å². The molecule has 2 aliphatic rings. The number of likely N-dealkylation sites (tertiary alicyclic amines) is 1. The molecule has 3 rings (SSSR count). The summed E-state index contributed by atoms with van der Waals surface area (Å²) in [7, 11) is 0. The molecular weight excluding hydrogens is 310 g/mol. The van der Waals surface area contributed by atoms with Gasteiger partial charge in [-0.2, -0.15) is 0 Å². The lowest BCUT2D eigenvalue weighted by Crippen LogP contribution is -2.39. The van der Waals surface area contributed by atoms with Gasteiger partial charge in [0, 0.05) is 26.2 Å². The summed E-state index contributed by atoms with van der Waals surface area (Å²) in [5.74, 6) is 0. The number of hydrogen-bond donors (Lipinski definition) is 0. The smallest absolute Gasteiger partial charge is 0.0603 e. The molecule has 0 unspecified atom stereocenters. The van der Waals surface area contributed by atoms with Gasteiger partial charge in [0.05, 0.1) is 18.8 Å². The van der Waals surface area contributed by atoms with Crippen molar-refractivity contribution in [1.82, 2.24) is 4.90 Å². The van der Waals surface area contributed by atoms with Gasteiger partial charge in [0.25, 0.3) is 0 Å². The zero-order valence-corrected chi connectivity index (χ0v) is 15.7. The summed E-state index contributed by atoms with van der Waals surface area (Å²) in [6, 6.07) is 10.6. The van der Waals surface area contributed by atoms with Gasteiger partial charge in [-0.05, 0) is 44.1 Å². The van der Waals surface area contributed by atoms with E-state index in [2.05, 4.69) is 35.2 Å². The summed E-state index contributed by atoms with van der Waals surface area (Å²) in [4.78, 5) is 2.58. The molecule has 3 heteroatoms. The van der Waals surface area contributed by atoms with Crippen molar-refractivity contribution in [2.24, 2.45) is 0 Å². The van der Waals surface area contributed by atoms with Crippen molar-refractivity contribution in [1.29, 1.82) is 0 Å². The Morgan fingerprint density at radius 2 is 1.56 bits per heavy atom. The van der Waals surface area contributed by atoms with Crippen LogP contribution < -0.4 is 0 Å². The monoisotopic (exact) mass is 345 g/mol. The van der Waals surface area contributed by atoms with E-state index in [4.69, 9.17) is 9.47 Å². The number of nitrogens with zero attached hydrogens (tertiary/aromatic N) is 1. The van der Waals surface area contributed by atoms with E-state index in [0.29, 0.717) is 12.2 Å². The van der Waals surface area contributed by atoms with Crippen LogP contribution in [0.4, 0.5) is 0 Å². The molecule has 0 amide bonds. The molecule has 25 heavy (non-hydrogen) atoms. The number of benzene rings is 1.